The van der Waals surface area contributed by atoms with Gasteiger partial charge < -0.3 is 21.3 Å². The summed E-state index contributed by atoms with van der Waals surface area (Å²) < 4.78 is 0. The average molecular weight is 475 g/mol. The third kappa shape index (κ3) is 3.71. The highest BCUT2D eigenvalue weighted by Crippen LogP contribution is 2.65. The van der Waals surface area contributed by atoms with Gasteiger partial charge >= 0.3 is 0 Å². The van der Waals surface area contributed by atoms with Crippen molar-refractivity contribution in [3.63, 3.8) is 0 Å². The van der Waals surface area contributed by atoms with E-state index in [4.69, 9.17) is 5.73 Å². The van der Waals surface area contributed by atoms with Crippen LogP contribution in [0.15, 0.2) is 0 Å². The molecule has 4 fully saturated rings. The topological polar surface area (TPSA) is 139 Å². The zero-order valence-corrected chi connectivity index (χ0v) is 20.7. The summed E-state index contributed by atoms with van der Waals surface area (Å²) in [7, 11) is 0. The minimum absolute atomic E-state index is 0.0351. The van der Waals surface area contributed by atoms with Gasteiger partial charge in [-0.25, -0.2) is 0 Å². The number of piperidine rings is 1. The number of hydrogen-bond acceptors (Lipinski definition) is 5. The van der Waals surface area contributed by atoms with Crippen molar-refractivity contribution < 1.29 is 24.0 Å². The van der Waals surface area contributed by atoms with Crippen LogP contribution in [0.25, 0.3) is 0 Å². The first kappa shape index (κ1) is 24.7. The summed E-state index contributed by atoms with van der Waals surface area (Å²) in [6.45, 7) is 8.56. The van der Waals surface area contributed by atoms with Gasteiger partial charge in [0.05, 0.1) is 0 Å². The number of fused-ring (bicyclic) bond motifs is 1. The zero-order chi connectivity index (χ0) is 25.1. The van der Waals surface area contributed by atoms with Gasteiger partial charge in [0.15, 0.2) is 0 Å². The number of nitrogens with one attached hydrogen (secondary N) is 2. The summed E-state index contributed by atoms with van der Waals surface area (Å²) in [5, 5.41) is 5.63. The fourth-order valence-corrected chi connectivity index (χ4v) is 7.09. The molecule has 0 unspecified atom stereocenters. The molecule has 1 saturated heterocycles. The van der Waals surface area contributed by atoms with Crippen LogP contribution in [0, 0.1) is 28.6 Å². The second-order valence-electron chi connectivity index (χ2n) is 11.8. The van der Waals surface area contributed by atoms with Crippen molar-refractivity contribution in [2.24, 2.45) is 34.3 Å². The van der Waals surface area contributed by atoms with Gasteiger partial charge in [-0.05, 0) is 47.8 Å². The van der Waals surface area contributed by atoms with E-state index in [2.05, 4.69) is 24.5 Å². The fraction of sp³-hybridized carbons (Fsp3) is 0.800. The predicted molar refractivity (Wildman–Crippen MR) is 124 cm³/mol. The van der Waals surface area contributed by atoms with Crippen molar-refractivity contribution in [2.75, 3.05) is 6.54 Å². The Hall–Kier alpha value is -2.45. The minimum atomic E-state index is -1.26. The maximum atomic E-state index is 13.9. The van der Waals surface area contributed by atoms with Crippen molar-refractivity contribution in [3.8, 4) is 0 Å². The number of nitrogens with two attached hydrogens (primary N) is 1. The van der Waals surface area contributed by atoms with E-state index in [1.165, 1.54) is 0 Å². The Morgan fingerprint density at radius 3 is 2.29 bits per heavy atom. The number of likely N-dealkylation sites (tertiary alicyclic amines) is 1. The monoisotopic (exact) mass is 474 g/mol. The summed E-state index contributed by atoms with van der Waals surface area (Å²) in [6, 6.07) is -1.45. The largest absolute Gasteiger partial charge is 0.363 e. The quantitative estimate of drug-likeness (QED) is 0.337. The number of nitrogens with zero attached hydrogens (tertiary/aromatic N) is 1. The van der Waals surface area contributed by atoms with Gasteiger partial charge in [0.2, 0.25) is 24.0 Å². The van der Waals surface area contributed by atoms with Crippen LogP contribution in [0.2, 0.25) is 0 Å². The Bertz CT molecular complexity index is 911. The van der Waals surface area contributed by atoms with Gasteiger partial charge in [0.1, 0.15) is 17.6 Å². The Balaban J connectivity index is 1.60. The van der Waals surface area contributed by atoms with E-state index in [0.717, 1.165) is 32.1 Å². The number of amides is 4. The SMILES string of the molecule is CC[C@H]1C[C@]1(NC(=O)[C@@H]1[C@@H]2[C@H](CN1C(=O)[C@@H](NC=O)C1(C)CCCCC1)C2(C)C)C(=O)C(N)=O. The molecule has 0 radical (unpaired) electrons. The number of rotatable bonds is 9. The molecular formula is C25H38N4O5. The van der Waals surface area contributed by atoms with E-state index in [9.17, 15) is 24.0 Å². The second-order valence-corrected chi connectivity index (χ2v) is 11.8. The van der Waals surface area contributed by atoms with Crippen molar-refractivity contribution in [1.82, 2.24) is 15.5 Å². The minimum Gasteiger partial charge on any atom is -0.363 e. The molecule has 9 nitrogen and oxygen atoms in total. The summed E-state index contributed by atoms with van der Waals surface area (Å²) >= 11 is 0. The molecule has 4 N–H and O–H groups in total. The third-order valence-electron chi connectivity index (χ3n) is 9.51. The van der Waals surface area contributed by atoms with E-state index >= 15 is 0 Å². The lowest BCUT2D eigenvalue weighted by molar-refractivity contribution is -0.147. The Kier molecular flexibility index (Phi) is 6.05. The Morgan fingerprint density at radius 1 is 1.12 bits per heavy atom. The van der Waals surface area contributed by atoms with Crippen molar-refractivity contribution >= 4 is 29.9 Å². The number of carbonyl (C=O) groups excluding carboxylic acids is 5. The van der Waals surface area contributed by atoms with Crippen molar-refractivity contribution in [2.45, 2.75) is 90.3 Å². The molecule has 4 rings (SSSR count). The van der Waals surface area contributed by atoms with Crippen LogP contribution in [0.4, 0.5) is 0 Å². The van der Waals surface area contributed by atoms with Gasteiger partial charge in [-0.1, -0.05) is 53.4 Å². The number of carbonyl (C=O) groups is 5. The summed E-state index contributed by atoms with van der Waals surface area (Å²) in [5.74, 6) is -2.48. The van der Waals surface area contributed by atoms with Crippen LogP contribution < -0.4 is 16.4 Å². The van der Waals surface area contributed by atoms with Gasteiger partial charge in [-0.3, -0.25) is 24.0 Å². The molecule has 4 aliphatic rings. The number of Topliss-reactive ketones (excluding diaryl/α,β-unsaturated/α-hetero) is 1. The van der Waals surface area contributed by atoms with E-state index in [0.29, 0.717) is 25.8 Å². The van der Waals surface area contributed by atoms with E-state index < -0.39 is 35.2 Å². The molecule has 0 aromatic carbocycles. The smallest absolute Gasteiger partial charge is 0.287 e. The molecule has 3 aliphatic carbocycles. The first-order valence-electron chi connectivity index (χ1n) is 12.6. The van der Waals surface area contributed by atoms with Gasteiger partial charge in [0.25, 0.3) is 5.91 Å². The standard InChI is InChI=1S/C25H38N4O5/c1-5-14-11-25(14,19(31)20(26)32)28-21(33)17-16-15(23(16,2)3)12-29(17)22(34)18(27-13-30)24(4)9-7-6-8-10-24/h13-18H,5-12H2,1-4H3,(H2,26,32)(H,27,30)(H,28,33)/t14-,15-,16-,17-,18+,25+/m0/s1. The fourth-order valence-electron chi connectivity index (χ4n) is 7.09. The number of ketones is 1. The molecule has 188 valence electrons. The molecule has 3 saturated carbocycles. The lowest BCUT2D eigenvalue weighted by atomic mass is 9.70. The molecule has 1 heterocycles. The van der Waals surface area contributed by atoms with Crippen LogP contribution in [-0.2, 0) is 24.0 Å². The highest BCUT2D eigenvalue weighted by Gasteiger charge is 2.71. The summed E-state index contributed by atoms with van der Waals surface area (Å²) in [5.41, 5.74) is 3.55. The van der Waals surface area contributed by atoms with Crippen LogP contribution in [-0.4, -0.2) is 59.0 Å². The molecule has 34 heavy (non-hydrogen) atoms. The number of primary amides is 1. The van der Waals surface area contributed by atoms with Gasteiger partial charge in [-0.15, -0.1) is 0 Å². The Labute approximate surface area is 200 Å². The lowest BCUT2D eigenvalue weighted by Gasteiger charge is -2.42. The molecule has 4 amide bonds. The van der Waals surface area contributed by atoms with E-state index in [1.807, 2.05) is 13.8 Å². The molecule has 0 aromatic rings. The molecule has 1 aliphatic heterocycles. The third-order valence-corrected chi connectivity index (χ3v) is 9.51. The highest BCUT2D eigenvalue weighted by molar-refractivity contribution is 6.40. The van der Waals surface area contributed by atoms with Crippen LogP contribution in [0.5, 0.6) is 0 Å². The zero-order valence-electron chi connectivity index (χ0n) is 20.7. The normalized spacial score (nSPS) is 35.5. The average Bonchev–Trinajstić information content (AvgIpc) is 3.54. The maximum absolute atomic E-state index is 13.9. The van der Waals surface area contributed by atoms with Crippen molar-refractivity contribution in [3.05, 3.63) is 0 Å². The van der Waals surface area contributed by atoms with Crippen LogP contribution >= 0.6 is 0 Å². The van der Waals surface area contributed by atoms with Crippen LogP contribution in [0.3, 0.4) is 0 Å². The summed E-state index contributed by atoms with van der Waals surface area (Å²) in [4.78, 5) is 64.9. The molecule has 9 heteroatoms. The molecule has 6 atom stereocenters. The van der Waals surface area contributed by atoms with E-state index in [-0.39, 0.29) is 34.5 Å². The first-order valence-corrected chi connectivity index (χ1v) is 12.6. The Morgan fingerprint density at radius 2 is 1.76 bits per heavy atom. The molecular weight excluding hydrogens is 436 g/mol. The molecule has 0 spiro atoms. The lowest BCUT2D eigenvalue weighted by Crippen LogP contribution is -2.61. The van der Waals surface area contributed by atoms with Gasteiger partial charge in [-0.2, -0.15) is 0 Å². The van der Waals surface area contributed by atoms with Gasteiger partial charge in [0, 0.05) is 6.54 Å². The molecule has 0 aromatic heterocycles. The molecule has 0 bridgehead atoms. The summed E-state index contributed by atoms with van der Waals surface area (Å²) in [6.07, 6.45) is 6.37. The maximum Gasteiger partial charge on any atom is 0.287 e. The van der Waals surface area contributed by atoms with E-state index in [1.54, 1.807) is 4.90 Å². The highest BCUT2D eigenvalue weighted by atomic mass is 16.2. The van der Waals surface area contributed by atoms with Crippen molar-refractivity contribution in [1.29, 1.82) is 0 Å². The predicted octanol–water partition coefficient (Wildman–Crippen LogP) is 0.894. The second kappa shape index (κ2) is 8.34. The first-order chi connectivity index (χ1) is 15.9. The number of hydrogen-bond donors (Lipinski definition) is 3. The van der Waals surface area contributed by atoms with Crippen LogP contribution in [0.1, 0.15) is 72.6 Å².